The molecule has 3 aromatic heterocycles. The zero-order valence-electron chi connectivity index (χ0n) is 15.8. The summed E-state index contributed by atoms with van der Waals surface area (Å²) >= 11 is 7.33. The largest absolute Gasteiger partial charge is 0.452 e. The van der Waals surface area contributed by atoms with Gasteiger partial charge in [0.05, 0.1) is 27.2 Å². The van der Waals surface area contributed by atoms with E-state index in [2.05, 4.69) is 15.5 Å². The maximum absolute atomic E-state index is 12.7. The summed E-state index contributed by atoms with van der Waals surface area (Å²) < 4.78 is 10.5. The molecule has 0 saturated carbocycles. The van der Waals surface area contributed by atoms with Crippen molar-refractivity contribution in [2.75, 3.05) is 6.61 Å². The number of carbonyl (C=O) groups is 2. The Morgan fingerprint density at radius 2 is 2.03 bits per heavy atom. The predicted molar refractivity (Wildman–Crippen MR) is 113 cm³/mol. The second-order valence-electron chi connectivity index (χ2n) is 6.46. The van der Waals surface area contributed by atoms with Crippen LogP contribution in [0.15, 0.2) is 52.4 Å². The molecule has 0 aliphatic heterocycles. The van der Waals surface area contributed by atoms with Crippen molar-refractivity contribution in [1.29, 1.82) is 0 Å². The minimum atomic E-state index is -0.645. The molecule has 9 heteroatoms. The van der Waals surface area contributed by atoms with Gasteiger partial charge in [-0.05, 0) is 42.1 Å². The highest BCUT2D eigenvalue weighted by atomic mass is 35.5. The number of nitrogens with one attached hydrogen (secondary N) is 1. The molecule has 4 rings (SSSR count). The normalized spacial score (nSPS) is 10.9. The molecule has 0 spiro atoms. The molecule has 0 fully saturated rings. The molecule has 0 saturated heterocycles. The minimum Gasteiger partial charge on any atom is -0.452 e. The van der Waals surface area contributed by atoms with Crippen molar-refractivity contribution in [3.05, 3.63) is 69.7 Å². The average molecular weight is 442 g/mol. The van der Waals surface area contributed by atoms with Crippen LogP contribution < -0.4 is 5.32 Å². The van der Waals surface area contributed by atoms with Gasteiger partial charge in [-0.1, -0.05) is 35.0 Å². The van der Waals surface area contributed by atoms with Gasteiger partial charge in [-0.2, -0.15) is 0 Å². The zero-order chi connectivity index (χ0) is 21.1. The number of aryl methyl sites for hydroxylation is 1. The van der Waals surface area contributed by atoms with Gasteiger partial charge < -0.3 is 14.6 Å². The predicted octanol–water partition coefficient (Wildman–Crippen LogP) is 4.39. The Morgan fingerprint density at radius 1 is 1.23 bits per heavy atom. The molecule has 0 atom stereocenters. The van der Waals surface area contributed by atoms with E-state index in [0.29, 0.717) is 28.3 Å². The molecule has 1 amide bonds. The first-order valence-electron chi connectivity index (χ1n) is 9.00. The second kappa shape index (κ2) is 8.64. The van der Waals surface area contributed by atoms with E-state index in [4.69, 9.17) is 20.9 Å². The number of aromatic nitrogens is 2. The van der Waals surface area contributed by atoms with Gasteiger partial charge in [0.25, 0.3) is 11.6 Å². The van der Waals surface area contributed by atoms with E-state index < -0.39 is 18.5 Å². The highest BCUT2D eigenvalue weighted by Crippen LogP contribution is 2.29. The number of benzene rings is 1. The van der Waals surface area contributed by atoms with E-state index in [1.165, 1.54) is 11.3 Å². The summed E-state index contributed by atoms with van der Waals surface area (Å²) in [4.78, 5) is 30.1. The maximum Gasteiger partial charge on any atom is 0.339 e. The zero-order valence-corrected chi connectivity index (χ0v) is 17.4. The van der Waals surface area contributed by atoms with Gasteiger partial charge in [-0.15, -0.1) is 11.3 Å². The van der Waals surface area contributed by atoms with Crippen molar-refractivity contribution in [2.24, 2.45) is 0 Å². The van der Waals surface area contributed by atoms with Crippen LogP contribution in [0.4, 0.5) is 0 Å². The molecule has 4 aromatic rings. The molecule has 152 valence electrons. The molecule has 30 heavy (non-hydrogen) atoms. The molecule has 0 radical (unpaired) electrons. The monoisotopic (exact) mass is 441 g/mol. The van der Waals surface area contributed by atoms with Crippen LogP contribution >= 0.6 is 22.9 Å². The number of carbonyl (C=O) groups excluding carboxylic acids is 2. The fourth-order valence-corrected chi connectivity index (χ4v) is 3.68. The Balaban J connectivity index is 1.46. The molecule has 7 nitrogen and oxygen atoms in total. The van der Waals surface area contributed by atoms with Gasteiger partial charge >= 0.3 is 5.97 Å². The molecule has 0 unspecified atom stereocenters. The summed E-state index contributed by atoms with van der Waals surface area (Å²) in [7, 11) is 0. The molecule has 0 aliphatic carbocycles. The van der Waals surface area contributed by atoms with E-state index in [-0.39, 0.29) is 11.3 Å². The lowest BCUT2D eigenvalue weighted by Crippen LogP contribution is -2.28. The van der Waals surface area contributed by atoms with Gasteiger partial charge in [0.2, 0.25) is 0 Å². The van der Waals surface area contributed by atoms with E-state index >= 15 is 0 Å². The van der Waals surface area contributed by atoms with Gasteiger partial charge in [0, 0.05) is 11.6 Å². The smallest absolute Gasteiger partial charge is 0.339 e. The highest BCUT2D eigenvalue weighted by molar-refractivity contribution is 7.13. The number of rotatable bonds is 6. The Kier molecular flexibility index (Phi) is 5.78. The average Bonchev–Trinajstić information content (AvgIpc) is 3.41. The van der Waals surface area contributed by atoms with Crippen LogP contribution in [-0.4, -0.2) is 28.6 Å². The minimum absolute atomic E-state index is 0.248. The van der Waals surface area contributed by atoms with Gasteiger partial charge in [0.15, 0.2) is 6.61 Å². The lowest BCUT2D eigenvalue weighted by atomic mass is 10.1. The molecule has 0 aliphatic rings. The van der Waals surface area contributed by atoms with Crippen molar-refractivity contribution < 1.29 is 18.8 Å². The first-order valence-corrected chi connectivity index (χ1v) is 10.3. The Morgan fingerprint density at radius 3 is 2.77 bits per heavy atom. The number of halogens is 1. The van der Waals surface area contributed by atoms with Crippen molar-refractivity contribution in [2.45, 2.75) is 13.5 Å². The molecule has 0 bridgehead atoms. The molecular formula is C21H16ClN3O4S. The van der Waals surface area contributed by atoms with Crippen LogP contribution in [0.2, 0.25) is 5.02 Å². The number of amides is 1. The molecule has 3 heterocycles. The number of esters is 1. The van der Waals surface area contributed by atoms with E-state index in [1.807, 2.05) is 29.6 Å². The fraction of sp³-hybridized carbons (Fsp3) is 0.143. The summed E-state index contributed by atoms with van der Waals surface area (Å²) in [5.74, 6) is -1.06. The Labute approximate surface area is 180 Å². The second-order valence-corrected chi connectivity index (χ2v) is 7.84. The molecule has 1 N–H and O–H groups in total. The van der Waals surface area contributed by atoms with Crippen LogP contribution in [0.3, 0.4) is 0 Å². The van der Waals surface area contributed by atoms with E-state index in [9.17, 15) is 9.59 Å². The quantitative estimate of drug-likeness (QED) is 0.446. The first-order chi connectivity index (χ1) is 14.5. The lowest BCUT2D eigenvalue weighted by molar-refractivity contribution is -0.124. The number of thiophene rings is 1. The van der Waals surface area contributed by atoms with Gasteiger partial charge in [-0.3, -0.25) is 4.79 Å². The van der Waals surface area contributed by atoms with Crippen LogP contribution in [0.1, 0.15) is 21.6 Å². The third-order valence-electron chi connectivity index (χ3n) is 4.35. The molecule has 1 aromatic carbocycles. The number of pyridine rings is 1. The summed E-state index contributed by atoms with van der Waals surface area (Å²) in [6.07, 6.45) is 0. The fourth-order valence-electron chi connectivity index (χ4n) is 2.87. The van der Waals surface area contributed by atoms with Crippen LogP contribution in [0.5, 0.6) is 0 Å². The van der Waals surface area contributed by atoms with Crippen LogP contribution in [-0.2, 0) is 16.1 Å². The SMILES string of the molecule is Cc1noc2nc(-c3cccs3)cc(C(=O)OCC(=O)NCc3ccc(Cl)cc3)c12. The number of hydrogen-bond donors (Lipinski definition) is 1. The summed E-state index contributed by atoms with van der Waals surface area (Å²) in [6, 6.07) is 12.5. The van der Waals surface area contributed by atoms with Gasteiger partial charge in [0.1, 0.15) is 0 Å². The third kappa shape index (κ3) is 4.34. The summed E-state index contributed by atoms with van der Waals surface area (Å²) in [5, 5.41) is 9.60. The topological polar surface area (TPSA) is 94.3 Å². The van der Waals surface area contributed by atoms with E-state index in [0.717, 1.165) is 10.4 Å². The maximum atomic E-state index is 12.7. The third-order valence-corrected chi connectivity index (χ3v) is 5.49. The number of fused-ring (bicyclic) bond motifs is 1. The Bertz CT molecular complexity index is 1200. The number of nitrogens with zero attached hydrogens (tertiary/aromatic N) is 2. The van der Waals surface area contributed by atoms with Crippen molar-refractivity contribution in [3.63, 3.8) is 0 Å². The van der Waals surface area contributed by atoms with Crippen LogP contribution in [0, 0.1) is 6.92 Å². The van der Waals surface area contributed by atoms with Crippen molar-refractivity contribution >= 4 is 45.9 Å². The van der Waals surface area contributed by atoms with Crippen LogP contribution in [0.25, 0.3) is 21.7 Å². The first kappa shape index (κ1) is 20.1. The summed E-state index contributed by atoms with van der Waals surface area (Å²) in [5.41, 5.74) is 2.49. The summed E-state index contributed by atoms with van der Waals surface area (Å²) in [6.45, 7) is 1.61. The highest BCUT2D eigenvalue weighted by Gasteiger charge is 2.21. The van der Waals surface area contributed by atoms with Crippen molar-refractivity contribution in [3.8, 4) is 10.6 Å². The van der Waals surface area contributed by atoms with E-state index in [1.54, 1.807) is 25.1 Å². The standard InChI is InChI=1S/C21H16ClN3O4S/c1-12-19-15(9-16(17-3-2-8-30-17)24-20(19)29-25-12)21(27)28-11-18(26)23-10-13-4-6-14(22)7-5-13/h2-9H,10-11H2,1H3,(H,23,26). The number of hydrogen-bond acceptors (Lipinski definition) is 7. The lowest BCUT2D eigenvalue weighted by Gasteiger charge is -2.08. The molecular weight excluding hydrogens is 426 g/mol. The van der Waals surface area contributed by atoms with Crippen molar-refractivity contribution in [1.82, 2.24) is 15.5 Å². The Hall–Kier alpha value is -3.23. The van der Waals surface area contributed by atoms with Gasteiger partial charge in [-0.25, -0.2) is 9.78 Å². The number of ether oxygens (including phenoxy) is 1.